The van der Waals surface area contributed by atoms with Crippen molar-refractivity contribution in [3.8, 4) is 0 Å². The van der Waals surface area contributed by atoms with Gasteiger partial charge in [0.15, 0.2) is 0 Å². The fraction of sp³-hybridized carbons (Fsp3) is 0.647. The molecular weight excluding hydrogens is 326 g/mol. The summed E-state index contributed by atoms with van der Waals surface area (Å²) < 4.78 is 5.50. The Kier molecular flexibility index (Phi) is 5.55. The minimum atomic E-state index is -0.487. The monoisotopic (exact) mass is 353 g/mol. The highest BCUT2D eigenvalue weighted by atomic mass is 32.1. The standard InChI is InChI=1S/C17H27N3O3S/c1-11-8-20(16(22)23-17(3,4)5)12(2)7-19(11)9-14-6-13(10-24-14)15(18)21/h6,10-12H,7-9H2,1-5H3,(H2,18,21)/t11-,12+/m1/s1. The quantitative estimate of drug-likeness (QED) is 0.906. The van der Waals surface area contributed by atoms with Crippen LogP contribution in [0.3, 0.4) is 0 Å². The molecule has 2 heterocycles. The number of carbonyl (C=O) groups is 2. The van der Waals surface area contributed by atoms with Crippen molar-refractivity contribution in [2.75, 3.05) is 13.1 Å². The average molecular weight is 353 g/mol. The molecule has 2 N–H and O–H groups in total. The molecule has 1 aliphatic rings. The molecule has 0 aliphatic carbocycles. The average Bonchev–Trinajstić information content (AvgIpc) is 2.89. The lowest BCUT2D eigenvalue weighted by molar-refractivity contribution is -0.0115. The van der Waals surface area contributed by atoms with Crippen LogP contribution in [0.25, 0.3) is 0 Å². The minimum Gasteiger partial charge on any atom is -0.444 e. The first-order valence-electron chi connectivity index (χ1n) is 8.17. The molecule has 2 atom stereocenters. The molecule has 1 aromatic heterocycles. The Morgan fingerprint density at radius 1 is 1.29 bits per heavy atom. The van der Waals surface area contributed by atoms with Gasteiger partial charge in [0.25, 0.3) is 0 Å². The maximum atomic E-state index is 12.3. The number of amides is 2. The van der Waals surface area contributed by atoms with Gasteiger partial charge < -0.3 is 15.4 Å². The van der Waals surface area contributed by atoms with E-state index in [0.717, 1.165) is 18.0 Å². The van der Waals surface area contributed by atoms with Crippen LogP contribution in [0, 0.1) is 0 Å². The fourth-order valence-corrected chi connectivity index (χ4v) is 3.68. The van der Waals surface area contributed by atoms with E-state index in [1.807, 2.05) is 33.8 Å². The largest absolute Gasteiger partial charge is 0.444 e. The number of thiophene rings is 1. The maximum Gasteiger partial charge on any atom is 0.410 e. The predicted molar refractivity (Wildman–Crippen MR) is 95.1 cm³/mol. The first-order chi connectivity index (χ1) is 11.1. The third kappa shape index (κ3) is 4.70. The van der Waals surface area contributed by atoms with E-state index in [4.69, 9.17) is 10.5 Å². The second-order valence-corrected chi connectivity index (χ2v) is 8.42. The number of nitrogens with two attached hydrogens (primary N) is 1. The number of hydrogen-bond donors (Lipinski definition) is 1. The van der Waals surface area contributed by atoms with E-state index >= 15 is 0 Å². The van der Waals surface area contributed by atoms with Crippen LogP contribution in [0.15, 0.2) is 11.4 Å². The molecule has 24 heavy (non-hydrogen) atoms. The lowest BCUT2D eigenvalue weighted by Gasteiger charge is -2.44. The lowest BCUT2D eigenvalue weighted by Crippen LogP contribution is -2.58. The van der Waals surface area contributed by atoms with Gasteiger partial charge in [0, 0.05) is 42.0 Å². The molecule has 6 nitrogen and oxygen atoms in total. The summed E-state index contributed by atoms with van der Waals surface area (Å²) >= 11 is 1.54. The topological polar surface area (TPSA) is 75.9 Å². The number of rotatable bonds is 3. The van der Waals surface area contributed by atoms with Crippen molar-refractivity contribution in [1.29, 1.82) is 0 Å². The molecule has 0 radical (unpaired) electrons. The maximum absolute atomic E-state index is 12.3. The SMILES string of the molecule is C[C@@H]1CN(C(=O)OC(C)(C)C)[C@@H](C)CN1Cc1cc(C(N)=O)cs1. The summed E-state index contributed by atoms with van der Waals surface area (Å²) in [6.45, 7) is 11.9. The number of primary amides is 1. The Bertz CT molecular complexity index is 608. The summed E-state index contributed by atoms with van der Waals surface area (Å²) in [4.78, 5) is 28.8. The molecular formula is C17H27N3O3S. The van der Waals surface area contributed by atoms with Gasteiger partial charge in [-0.3, -0.25) is 9.69 Å². The van der Waals surface area contributed by atoms with Gasteiger partial charge in [0.2, 0.25) is 5.91 Å². The Morgan fingerprint density at radius 2 is 1.96 bits per heavy atom. The van der Waals surface area contributed by atoms with Crippen molar-refractivity contribution in [2.45, 2.75) is 58.8 Å². The summed E-state index contributed by atoms with van der Waals surface area (Å²) in [5.74, 6) is -0.395. The summed E-state index contributed by atoms with van der Waals surface area (Å²) in [5.41, 5.74) is 5.38. The van der Waals surface area contributed by atoms with Crippen LogP contribution in [-0.4, -0.2) is 52.6 Å². The second-order valence-electron chi connectivity index (χ2n) is 7.43. The molecule has 0 saturated carbocycles. The van der Waals surface area contributed by atoms with Gasteiger partial charge in [-0.1, -0.05) is 0 Å². The van der Waals surface area contributed by atoms with Crippen LogP contribution in [-0.2, 0) is 11.3 Å². The van der Waals surface area contributed by atoms with Crippen molar-refractivity contribution < 1.29 is 14.3 Å². The third-order valence-corrected chi connectivity index (χ3v) is 4.96. The van der Waals surface area contributed by atoms with Gasteiger partial charge in [-0.05, 0) is 40.7 Å². The fourth-order valence-electron chi connectivity index (χ4n) is 2.79. The van der Waals surface area contributed by atoms with Crippen molar-refractivity contribution in [1.82, 2.24) is 9.80 Å². The van der Waals surface area contributed by atoms with Crippen molar-refractivity contribution in [2.24, 2.45) is 5.73 Å². The predicted octanol–water partition coefficient (Wildman–Crippen LogP) is 2.68. The Labute approximate surface area is 147 Å². The Morgan fingerprint density at radius 3 is 2.50 bits per heavy atom. The van der Waals surface area contributed by atoms with Crippen LogP contribution >= 0.6 is 11.3 Å². The van der Waals surface area contributed by atoms with Crippen LogP contribution < -0.4 is 5.73 Å². The number of hydrogen-bond acceptors (Lipinski definition) is 5. The Balaban J connectivity index is 1.99. The zero-order valence-electron chi connectivity index (χ0n) is 15.0. The van der Waals surface area contributed by atoms with Crippen LogP contribution in [0.5, 0.6) is 0 Å². The van der Waals surface area contributed by atoms with Gasteiger partial charge in [0.05, 0.1) is 5.56 Å². The van der Waals surface area contributed by atoms with Crippen molar-refractivity contribution >= 4 is 23.3 Å². The lowest BCUT2D eigenvalue weighted by atomic mass is 10.1. The first-order valence-corrected chi connectivity index (χ1v) is 9.05. The van der Waals surface area contributed by atoms with Gasteiger partial charge in [-0.25, -0.2) is 4.79 Å². The number of carbonyl (C=O) groups excluding carboxylic acids is 2. The summed E-state index contributed by atoms with van der Waals surface area (Å²) in [6.07, 6.45) is -0.256. The van der Waals surface area contributed by atoms with E-state index in [9.17, 15) is 9.59 Å². The molecule has 1 saturated heterocycles. The molecule has 0 unspecified atom stereocenters. The molecule has 1 aromatic rings. The molecule has 2 amide bonds. The van der Waals surface area contributed by atoms with E-state index in [0.29, 0.717) is 12.1 Å². The summed E-state index contributed by atoms with van der Waals surface area (Å²) in [6, 6.07) is 2.14. The van der Waals surface area contributed by atoms with Gasteiger partial charge in [-0.2, -0.15) is 0 Å². The normalized spacial score (nSPS) is 22.5. The highest BCUT2D eigenvalue weighted by Crippen LogP contribution is 2.23. The highest BCUT2D eigenvalue weighted by Gasteiger charge is 2.34. The zero-order chi connectivity index (χ0) is 18.1. The highest BCUT2D eigenvalue weighted by molar-refractivity contribution is 7.10. The number of piperazine rings is 1. The molecule has 0 bridgehead atoms. The molecule has 7 heteroatoms. The molecule has 0 aromatic carbocycles. The van der Waals surface area contributed by atoms with E-state index in [1.165, 1.54) is 0 Å². The van der Waals surface area contributed by atoms with Crippen molar-refractivity contribution in [3.05, 3.63) is 21.9 Å². The van der Waals surface area contributed by atoms with Crippen LogP contribution in [0.1, 0.15) is 49.9 Å². The molecule has 1 aliphatic heterocycles. The zero-order valence-corrected chi connectivity index (χ0v) is 15.9. The van der Waals surface area contributed by atoms with E-state index in [-0.39, 0.29) is 18.2 Å². The summed E-state index contributed by atoms with van der Waals surface area (Å²) in [5, 5.41) is 1.79. The smallest absolute Gasteiger partial charge is 0.410 e. The van der Waals surface area contributed by atoms with E-state index in [1.54, 1.807) is 21.6 Å². The van der Waals surface area contributed by atoms with Crippen molar-refractivity contribution in [3.63, 3.8) is 0 Å². The molecule has 2 rings (SSSR count). The van der Waals surface area contributed by atoms with Gasteiger partial charge >= 0.3 is 6.09 Å². The second kappa shape index (κ2) is 7.11. The molecule has 134 valence electrons. The van der Waals surface area contributed by atoms with Crippen LogP contribution in [0.2, 0.25) is 0 Å². The number of ether oxygens (including phenoxy) is 1. The van der Waals surface area contributed by atoms with E-state index < -0.39 is 11.5 Å². The number of nitrogens with zero attached hydrogens (tertiary/aromatic N) is 2. The first kappa shape index (κ1) is 18.7. The minimum absolute atomic E-state index is 0.0756. The van der Waals surface area contributed by atoms with E-state index in [2.05, 4.69) is 11.8 Å². The third-order valence-electron chi connectivity index (χ3n) is 4.04. The Hall–Kier alpha value is -1.60. The summed E-state index contributed by atoms with van der Waals surface area (Å²) in [7, 11) is 0. The van der Waals surface area contributed by atoms with Crippen LogP contribution in [0.4, 0.5) is 4.79 Å². The van der Waals surface area contributed by atoms with Gasteiger partial charge in [-0.15, -0.1) is 11.3 Å². The molecule has 0 spiro atoms. The van der Waals surface area contributed by atoms with Gasteiger partial charge in [0.1, 0.15) is 5.60 Å². The molecule has 1 fully saturated rings.